The lowest BCUT2D eigenvalue weighted by atomic mass is 10.1. The molecule has 2 aliphatic rings. The van der Waals surface area contributed by atoms with Crippen molar-refractivity contribution in [3.8, 4) is 22.8 Å². The SMILES string of the molecule is O=C(Nc1cc(-c2ccc3c(c2)OCO3)n[nH]1)c1ccc(N2CCOCC2)cc1. The second-order valence-electron chi connectivity index (χ2n) is 6.84. The van der Waals surface area contributed by atoms with Crippen LogP contribution in [0.3, 0.4) is 0 Å². The average Bonchev–Trinajstić information content (AvgIpc) is 3.43. The summed E-state index contributed by atoms with van der Waals surface area (Å²) >= 11 is 0. The summed E-state index contributed by atoms with van der Waals surface area (Å²) < 4.78 is 16.1. The van der Waals surface area contributed by atoms with Crippen molar-refractivity contribution >= 4 is 17.4 Å². The molecule has 1 fully saturated rings. The summed E-state index contributed by atoms with van der Waals surface area (Å²) in [6.07, 6.45) is 0. The van der Waals surface area contributed by atoms with Crippen LogP contribution in [0.2, 0.25) is 0 Å². The number of fused-ring (bicyclic) bond motifs is 1. The molecule has 8 heteroatoms. The number of anilines is 2. The van der Waals surface area contributed by atoms with Gasteiger partial charge in [-0.3, -0.25) is 9.89 Å². The standard InChI is InChI=1S/C21H20N4O4/c26-21(14-1-4-16(5-2-14)25-7-9-27-10-8-25)22-20-12-17(23-24-20)15-3-6-18-19(11-15)29-13-28-18/h1-6,11-12H,7-10,13H2,(H2,22,23,24,26). The van der Waals surface area contributed by atoms with E-state index in [9.17, 15) is 4.79 Å². The number of morpholine rings is 1. The highest BCUT2D eigenvalue weighted by Crippen LogP contribution is 2.35. The Balaban J connectivity index is 1.26. The molecule has 8 nitrogen and oxygen atoms in total. The molecule has 0 bridgehead atoms. The predicted octanol–water partition coefficient (Wildman–Crippen LogP) is 2.89. The average molecular weight is 392 g/mol. The summed E-state index contributed by atoms with van der Waals surface area (Å²) in [7, 11) is 0. The van der Waals surface area contributed by atoms with E-state index in [4.69, 9.17) is 14.2 Å². The van der Waals surface area contributed by atoms with Gasteiger partial charge in [0.05, 0.1) is 18.9 Å². The fourth-order valence-corrected chi connectivity index (χ4v) is 3.43. The van der Waals surface area contributed by atoms with Gasteiger partial charge in [0, 0.05) is 36.0 Å². The number of amides is 1. The van der Waals surface area contributed by atoms with E-state index in [1.807, 2.05) is 42.5 Å². The third-order valence-electron chi connectivity index (χ3n) is 5.00. The lowest BCUT2D eigenvalue weighted by Gasteiger charge is -2.28. The van der Waals surface area contributed by atoms with Gasteiger partial charge in [0.25, 0.3) is 5.91 Å². The molecule has 1 aromatic heterocycles. The van der Waals surface area contributed by atoms with E-state index in [0.29, 0.717) is 22.8 Å². The topological polar surface area (TPSA) is 88.7 Å². The number of benzene rings is 2. The van der Waals surface area contributed by atoms with E-state index < -0.39 is 0 Å². The molecule has 2 N–H and O–H groups in total. The van der Waals surface area contributed by atoms with E-state index in [-0.39, 0.29) is 12.7 Å². The Morgan fingerprint density at radius 3 is 2.62 bits per heavy atom. The van der Waals surface area contributed by atoms with Crippen molar-refractivity contribution < 1.29 is 19.0 Å². The van der Waals surface area contributed by atoms with Crippen molar-refractivity contribution in [2.75, 3.05) is 43.3 Å². The number of hydrogen-bond donors (Lipinski definition) is 2. The molecule has 0 aliphatic carbocycles. The first-order chi connectivity index (χ1) is 14.3. The Kier molecular flexibility index (Phi) is 4.53. The van der Waals surface area contributed by atoms with Crippen LogP contribution >= 0.6 is 0 Å². The van der Waals surface area contributed by atoms with Gasteiger partial charge in [0.1, 0.15) is 5.82 Å². The first kappa shape index (κ1) is 17.6. The Morgan fingerprint density at radius 2 is 1.79 bits per heavy atom. The lowest BCUT2D eigenvalue weighted by Crippen LogP contribution is -2.36. The fraction of sp³-hybridized carbons (Fsp3) is 0.238. The Bertz CT molecular complexity index is 1030. The maximum absolute atomic E-state index is 12.6. The second kappa shape index (κ2) is 7.48. The van der Waals surface area contributed by atoms with E-state index in [2.05, 4.69) is 20.4 Å². The van der Waals surface area contributed by atoms with Crippen LogP contribution in [0, 0.1) is 0 Å². The summed E-state index contributed by atoms with van der Waals surface area (Å²) in [5, 5.41) is 9.99. The van der Waals surface area contributed by atoms with Gasteiger partial charge < -0.3 is 24.4 Å². The highest BCUT2D eigenvalue weighted by molar-refractivity contribution is 6.04. The molecule has 2 aliphatic heterocycles. The maximum Gasteiger partial charge on any atom is 0.256 e. The second-order valence-corrected chi connectivity index (χ2v) is 6.84. The van der Waals surface area contributed by atoms with Crippen molar-refractivity contribution in [2.24, 2.45) is 0 Å². The molecule has 0 radical (unpaired) electrons. The normalized spacial score (nSPS) is 15.4. The van der Waals surface area contributed by atoms with Crippen molar-refractivity contribution in [1.82, 2.24) is 10.2 Å². The van der Waals surface area contributed by atoms with E-state index >= 15 is 0 Å². The summed E-state index contributed by atoms with van der Waals surface area (Å²) in [6, 6.07) is 15.0. The number of nitrogens with one attached hydrogen (secondary N) is 2. The molecule has 1 amide bonds. The molecule has 0 atom stereocenters. The zero-order chi connectivity index (χ0) is 19.6. The molecule has 2 aromatic carbocycles. The van der Waals surface area contributed by atoms with Gasteiger partial charge in [-0.15, -0.1) is 0 Å². The number of carbonyl (C=O) groups is 1. The molecule has 0 saturated carbocycles. The minimum Gasteiger partial charge on any atom is -0.454 e. The zero-order valence-corrected chi connectivity index (χ0v) is 15.7. The molecular weight excluding hydrogens is 372 g/mol. The number of H-pyrrole nitrogens is 1. The molecular formula is C21H20N4O4. The Labute approximate surface area is 167 Å². The number of nitrogens with zero attached hydrogens (tertiary/aromatic N) is 2. The minimum absolute atomic E-state index is 0.195. The van der Waals surface area contributed by atoms with Gasteiger partial charge in [-0.2, -0.15) is 5.10 Å². The van der Waals surface area contributed by atoms with Gasteiger partial charge in [0.2, 0.25) is 6.79 Å². The summed E-state index contributed by atoms with van der Waals surface area (Å²) in [5.41, 5.74) is 3.26. The number of ether oxygens (including phenoxy) is 3. The predicted molar refractivity (Wildman–Crippen MR) is 108 cm³/mol. The smallest absolute Gasteiger partial charge is 0.256 e. The summed E-state index contributed by atoms with van der Waals surface area (Å²) in [6.45, 7) is 3.41. The maximum atomic E-state index is 12.6. The number of aromatic nitrogens is 2. The van der Waals surface area contributed by atoms with Gasteiger partial charge in [-0.05, 0) is 42.5 Å². The van der Waals surface area contributed by atoms with E-state index in [1.165, 1.54) is 0 Å². The number of aromatic amines is 1. The molecule has 0 spiro atoms. The quantitative estimate of drug-likeness (QED) is 0.710. The summed E-state index contributed by atoms with van der Waals surface area (Å²) in [5.74, 6) is 1.74. The van der Waals surface area contributed by atoms with Crippen LogP contribution < -0.4 is 19.7 Å². The third-order valence-corrected chi connectivity index (χ3v) is 5.00. The monoisotopic (exact) mass is 392 g/mol. The Morgan fingerprint density at radius 1 is 1.00 bits per heavy atom. The van der Waals surface area contributed by atoms with Gasteiger partial charge >= 0.3 is 0 Å². The van der Waals surface area contributed by atoms with E-state index in [1.54, 1.807) is 6.07 Å². The first-order valence-corrected chi connectivity index (χ1v) is 9.46. The Hall–Kier alpha value is -3.52. The van der Waals surface area contributed by atoms with Crippen LogP contribution in [0.5, 0.6) is 11.5 Å². The largest absolute Gasteiger partial charge is 0.454 e. The van der Waals surface area contributed by atoms with Gasteiger partial charge in [-0.25, -0.2) is 0 Å². The first-order valence-electron chi connectivity index (χ1n) is 9.46. The van der Waals surface area contributed by atoms with Crippen molar-refractivity contribution in [1.29, 1.82) is 0 Å². The van der Waals surface area contributed by atoms with Crippen LogP contribution in [0.15, 0.2) is 48.5 Å². The molecule has 0 unspecified atom stereocenters. The van der Waals surface area contributed by atoms with E-state index in [0.717, 1.165) is 43.3 Å². The number of rotatable bonds is 4. The molecule has 5 rings (SSSR count). The fourth-order valence-electron chi connectivity index (χ4n) is 3.43. The third kappa shape index (κ3) is 3.62. The van der Waals surface area contributed by atoms with Crippen LogP contribution in [-0.4, -0.2) is 49.2 Å². The molecule has 29 heavy (non-hydrogen) atoms. The number of carbonyl (C=O) groups excluding carboxylic acids is 1. The van der Waals surface area contributed by atoms with Crippen molar-refractivity contribution in [2.45, 2.75) is 0 Å². The van der Waals surface area contributed by atoms with Crippen LogP contribution in [0.1, 0.15) is 10.4 Å². The zero-order valence-electron chi connectivity index (χ0n) is 15.7. The highest BCUT2D eigenvalue weighted by atomic mass is 16.7. The van der Waals surface area contributed by atoms with Crippen LogP contribution in [-0.2, 0) is 4.74 Å². The van der Waals surface area contributed by atoms with Crippen molar-refractivity contribution in [3.63, 3.8) is 0 Å². The van der Waals surface area contributed by atoms with Crippen LogP contribution in [0.4, 0.5) is 11.5 Å². The lowest BCUT2D eigenvalue weighted by molar-refractivity contribution is 0.102. The highest BCUT2D eigenvalue weighted by Gasteiger charge is 2.16. The van der Waals surface area contributed by atoms with Gasteiger partial charge in [-0.1, -0.05) is 0 Å². The molecule has 3 heterocycles. The summed E-state index contributed by atoms with van der Waals surface area (Å²) in [4.78, 5) is 14.8. The van der Waals surface area contributed by atoms with Crippen molar-refractivity contribution in [3.05, 3.63) is 54.1 Å². The molecule has 148 valence electrons. The minimum atomic E-state index is -0.195. The number of hydrogen-bond acceptors (Lipinski definition) is 6. The van der Waals surface area contributed by atoms with Crippen LogP contribution in [0.25, 0.3) is 11.3 Å². The molecule has 1 saturated heterocycles. The van der Waals surface area contributed by atoms with Gasteiger partial charge in [0.15, 0.2) is 11.5 Å². The molecule has 3 aromatic rings.